The van der Waals surface area contributed by atoms with Crippen molar-refractivity contribution in [1.29, 1.82) is 0 Å². The van der Waals surface area contributed by atoms with Crippen molar-refractivity contribution in [2.24, 2.45) is 5.10 Å². The number of rotatable bonds is 5. The summed E-state index contributed by atoms with van der Waals surface area (Å²) in [4.78, 5) is 14.8. The van der Waals surface area contributed by atoms with Crippen LogP contribution in [0, 0.1) is 10.1 Å². The van der Waals surface area contributed by atoms with Gasteiger partial charge in [0.2, 0.25) is 5.13 Å². The quantitative estimate of drug-likeness (QED) is 0.397. The Hall–Kier alpha value is -3.06. The number of hydrogen-bond acceptors (Lipinski definition) is 6. The standard InChI is InChI=1S/C17H14N4O2S/c1-20(18-11-13-5-3-2-4-6-13)17-19-16(12-24-17)14-7-9-15(10-8-14)21(22)23/h2-12H,1H3/b18-11+. The summed E-state index contributed by atoms with van der Waals surface area (Å²) in [6.07, 6.45) is 1.77. The molecule has 0 fully saturated rings. The van der Waals surface area contributed by atoms with E-state index < -0.39 is 4.92 Å². The topological polar surface area (TPSA) is 71.6 Å². The Labute approximate surface area is 142 Å². The van der Waals surface area contributed by atoms with Crippen LogP contribution < -0.4 is 5.01 Å². The molecule has 0 unspecified atom stereocenters. The number of nitro benzene ring substituents is 1. The molecule has 0 bridgehead atoms. The molecule has 0 aliphatic carbocycles. The van der Waals surface area contributed by atoms with Crippen molar-refractivity contribution in [2.75, 3.05) is 12.1 Å². The van der Waals surface area contributed by atoms with Crippen molar-refractivity contribution in [2.45, 2.75) is 0 Å². The summed E-state index contributed by atoms with van der Waals surface area (Å²) in [5.41, 5.74) is 2.69. The molecular weight excluding hydrogens is 324 g/mol. The summed E-state index contributed by atoms with van der Waals surface area (Å²) in [5, 5.41) is 19.4. The fourth-order valence-corrected chi connectivity index (χ4v) is 2.80. The highest BCUT2D eigenvalue weighted by Crippen LogP contribution is 2.28. The van der Waals surface area contributed by atoms with Crippen molar-refractivity contribution in [3.05, 3.63) is 75.7 Å². The van der Waals surface area contributed by atoms with E-state index in [0.717, 1.165) is 22.0 Å². The maximum absolute atomic E-state index is 10.7. The van der Waals surface area contributed by atoms with Crippen LogP contribution in [0.15, 0.2) is 65.1 Å². The fraction of sp³-hybridized carbons (Fsp3) is 0.0588. The second-order valence-electron chi connectivity index (χ2n) is 5.00. The minimum atomic E-state index is -0.414. The average molecular weight is 338 g/mol. The third kappa shape index (κ3) is 3.64. The molecule has 0 saturated heterocycles. The van der Waals surface area contributed by atoms with Crippen LogP contribution in [-0.4, -0.2) is 23.2 Å². The van der Waals surface area contributed by atoms with Crippen molar-refractivity contribution < 1.29 is 4.92 Å². The molecule has 3 rings (SSSR count). The van der Waals surface area contributed by atoms with Gasteiger partial charge in [-0.3, -0.25) is 10.1 Å². The zero-order valence-corrected chi connectivity index (χ0v) is 13.7. The van der Waals surface area contributed by atoms with Gasteiger partial charge < -0.3 is 0 Å². The monoisotopic (exact) mass is 338 g/mol. The first-order valence-corrected chi connectivity index (χ1v) is 8.04. The number of benzene rings is 2. The summed E-state index contributed by atoms with van der Waals surface area (Å²) in [6, 6.07) is 16.2. The Morgan fingerprint density at radius 2 is 1.88 bits per heavy atom. The SMILES string of the molecule is CN(/N=C/c1ccccc1)c1nc(-c2ccc([N+](=O)[O-])cc2)cs1. The van der Waals surface area contributed by atoms with Crippen LogP contribution in [-0.2, 0) is 0 Å². The predicted octanol–water partition coefficient (Wildman–Crippen LogP) is 4.19. The van der Waals surface area contributed by atoms with Gasteiger partial charge in [0.1, 0.15) is 0 Å². The molecule has 2 aromatic carbocycles. The third-order valence-electron chi connectivity index (χ3n) is 3.32. The lowest BCUT2D eigenvalue weighted by molar-refractivity contribution is -0.384. The number of nitro groups is 1. The van der Waals surface area contributed by atoms with E-state index in [9.17, 15) is 10.1 Å². The highest BCUT2D eigenvalue weighted by Gasteiger charge is 2.10. The van der Waals surface area contributed by atoms with Crippen LogP contribution in [0.3, 0.4) is 0 Å². The Kier molecular flexibility index (Phi) is 4.62. The Morgan fingerprint density at radius 1 is 1.17 bits per heavy atom. The van der Waals surface area contributed by atoms with Gasteiger partial charge >= 0.3 is 0 Å². The summed E-state index contributed by atoms with van der Waals surface area (Å²) in [5.74, 6) is 0. The molecule has 0 N–H and O–H groups in total. The zero-order valence-electron chi connectivity index (χ0n) is 12.9. The molecule has 0 spiro atoms. The number of anilines is 1. The van der Waals surface area contributed by atoms with Gasteiger partial charge in [0.25, 0.3) is 5.69 Å². The molecule has 0 radical (unpaired) electrons. The van der Waals surface area contributed by atoms with Gasteiger partial charge in [-0.1, -0.05) is 30.3 Å². The Morgan fingerprint density at radius 3 is 2.54 bits per heavy atom. The van der Waals surface area contributed by atoms with E-state index in [1.807, 2.05) is 42.8 Å². The lowest BCUT2D eigenvalue weighted by Gasteiger charge is -2.07. The van der Waals surface area contributed by atoms with E-state index in [4.69, 9.17) is 0 Å². The minimum absolute atomic E-state index is 0.0683. The molecule has 0 amide bonds. The molecule has 1 heterocycles. The summed E-state index contributed by atoms with van der Waals surface area (Å²) in [6.45, 7) is 0. The highest BCUT2D eigenvalue weighted by atomic mass is 32.1. The van der Waals surface area contributed by atoms with Gasteiger partial charge in [0.05, 0.1) is 16.8 Å². The van der Waals surface area contributed by atoms with E-state index in [0.29, 0.717) is 0 Å². The molecule has 1 aromatic heterocycles. The first-order chi connectivity index (χ1) is 11.6. The molecular formula is C17H14N4O2S. The molecule has 120 valence electrons. The lowest BCUT2D eigenvalue weighted by Crippen LogP contribution is -2.08. The van der Waals surface area contributed by atoms with Crippen molar-refractivity contribution in [3.8, 4) is 11.3 Å². The normalized spacial score (nSPS) is 10.9. The number of hydrogen-bond donors (Lipinski definition) is 0. The minimum Gasteiger partial charge on any atom is -0.258 e. The van der Waals surface area contributed by atoms with E-state index in [1.165, 1.54) is 23.5 Å². The number of nitrogens with zero attached hydrogens (tertiary/aromatic N) is 4. The number of hydrazone groups is 1. The summed E-state index contributed by atoms with van der Waals surface area (Å²) in [7, 11) is 1.83. The average Bonchev–Trinajstić information content (AvgIpc) is 3.11. The van der Waals surface area contributed by atoms with E-state index >= 15 is 0 Å². The number of thiazole rings is 1. The zero-order chi connectivity index (χ0) is 16.9. The predicted molar refractivity (Wildman–Crippen MR) is 96.6 cm³/mol. The van der Waals surface area contributed by atoms with Gasteiger partial charge in [-0.25, -0.2) is 9.99 Å². The van der Waals surface area contributed by atoms with Crippen molar-refractivity contribution in [1.82, 2.24) is 4.98 Å². The molecule has 3 aromatic rings. The summed E-state index contributed by atoms with van der Waals surface area (Å²) >= 11 is 1.47. The van der Waals surface area contributed by atoms with Crippen molar-refractivity contribution >= 4 is 28.4 Å². The second-order valence-corrected chi connectivity index (χ2v) is 5.83. The van der Waals surface area contributed by atoms with Crippen LogP contribution in [0.2, 0.25) is 0 Å². The fourth-order valence-electron chi connectivity index (χ4n) is 2.04. The number of aromatic nitrogens is 1. The van der Waals surface area contributed by atoms with Crippen LogP contribution in [0.1, 0.15) is 5.56 Å². The van der Waals surface area contributed by atoms with Gasteiger partial charge in [0, 0.05) is 30.1 Å². The van der Waals surface area contributed by atoms with Gasteiger partial charge in [-0.05, 0) is 17.7 Å². The molecule has 24 heavy (non-hydrogen) atoms. The van der Waals surface area contributed by atoms with Crippen LogP contribution >= 0.6 is 11.3 Å². The lowest BCUT2D eigenvalue weighted by atomic mass is 10.1. The van der Waals surface area contributed by atoms with Crippen LogP contribution in [0.4, 0.5) is 10.8 Å². The van der Waals surface area contributed by atoms with Gasteiger partial charge in [-0.2, -0.15) is 5.10 Å². The summed E-state index contributed by atoms with van der Waals surface area (Å²) < 4.78 is 0. The molecule has 0 saturated carbocycles. The smallest absolute Gasteiger partial charge is 0.258 e. The highest BCUT2D eigenvalue weighted by molar-refractivity contribution is 7.14. The van der Waals surface area contributed by atoms with Crippen LogP contribution in [0.5, 0.6) is 0 Å². The molecule has 7 heteroatoms. The first kappa shape index (κ1) is 15.8. The van der Waals surface area contributed by atoms with E-state index in [-0.39, 0.29) is 5.69 Å². The van der Waals surface area contributed by atoms with Crippen LogP contribution in [0.25, 0.3) is 11.3 Å². The van der Waals surface area contributed by atoms with E-state index in [2.05, 4.69) is 10.1 Å². The molecule has 6 nitrogen and oxygen atoms in total. The second kappa shape index (κ2) is 7.01. The molecule has 0 aliphatic heterocycles. The maximum Gasteiger partial charge on any atom is 0.269 e. The Balaban J connectivity index is 1.75. The Bertz CT molecular complexity index is 860. The first-order valence-electron chi connectivity index (χ1n) is 7.16. The third-order valence-corrected chi connectivity index (χ3v) is 4.23. The molecule has 0 atom stereocenters. The van der Waals surface area contributed by atoms with Gasteiger partial charge in [0.15, 0.2) is 0 Å². The molecule has 0 aliphatic rings. The number of non-ortho nitro benzene ring substituents is 1. The van der Waals surface area contributed by atoms with Crippen molar-refractivity contribution in [3.63, 3.8) is 0 Å². The van der Waals surface area contributed by atoms with Gasteiger partial charge in [-0.15, -0.1) is 11.3 Å². The van der Waals surface area contributed by atoms with E-state index in [1.54, 1.807) is 23.4 Å². The largest absolute Gasteiger partial charge is 0.269 e. The maximum atomic E-state index is 10.7.